The smallest absolute Gasteiger partial charge is 0.325 e. The molecule has 5 nitrogen and oxygen atoms in total. The van der Waals surface area contributed by atoms with Gasteiger partial charge in [-0.2, -0.15) is 0 Å². The quantitative estimate of drug-likeness (QED) is 0.448. The summed E-state index contributed by atoms with van der Waals surface area (Å²) >= 11 is 0. The summed E-state index contributed by atoms with van der Waals surface area (Å²) in [6.07, 6.45) is 11.7. The van der Waals surface area contributed by atoms with Gasteiger partial charge in [-0.3, -0.25) is 14.4 Å². The number of amides is 1. The number of ketones is 1. The van der Waals surface area contributed by atoms with E-state index in [0.717, 1.165) is 12.8 Å². The standard InChI is InChI=1S/C18H33NO4/c1-3-4-5-6-7-8-9-10-11-12-16(20)13-14-17(21)19-15(2)18(22)23/h15H,3-14H2,1-2H3,(H,19,21)(H,22,23)/t15-/m0/s1. The molecule has 0 rings (SSSR count). The Labute approximate surface area is 140 Å². The summed E-state index contributed by atoms with van der Waals surface area (Å²) in [5, 5.41) is 11.0. The lowest BCUT2D eigenvalue weighted by molar-refractivity contribution is -0.141. The van der Waals surface area contributed by atoms with Crippen LogP contribution in [0.5, 0.6) is 0 Å². The van der Waals surface area contributed by atoms with Crippen LogP contribution in [0.15, 0.2) is 0 Å². The number of rotatable bonds is 15. The first kappa shape index (κ1) is 21.6. The molecule has 0 aliphatic heterocycles. The zero-order valence-corrected chi connectivity index (χ0v) is 14.7. The van der Waals surface area contributed by atoms with E-state index in [1.165, 1.54) is 51.9 Å². The minimum atomic E-state index is -1.07. The van der Waals surface area contributed by atoms with E-state index in [1.807, 2.05) is 0 Å². The second kappa shape index (κ2) is 14.2. The minimum absolute atomic E-state index is 0.0773. The highest BCUT2D eigenvalue weighted by Crippen LogP contribution is 2.11. The minimum Gasteiger partial charge on any atom is -0.480 e. The molecule has 0 aromatic heterocycles. The van der Waals surface area contributed by atoms with Crippen LogP contribution in [0.3, 0.4) is 0 Å². The number of carboxylic acid groups (broad SMARTS) is 1. The number of unbranched alkanes of at least 4 members (excludes halogenated alkanes) is 8. The van der Waals surface area contributed by atoms with Crippen molar-refractivity contribution in [3.63, 3.8) is 0 Å². The van der Waals surface area contributed by atoms with Crippen molar-refractivity contribution in [1.82, 2.24) is 5.32 Å². The summed E-state index contributed by atoms with van der Waals surface area (Å²) < 4.78 is 0. The molecular formula is C18H33NO4. The van der Waals surface area contributed by atoms with Crippen LogP contribution in [0.25, 0.3) is 0 Å². The maximum Gasteiger partial charge on any atom is 0.325 e. The average Bonchev–Trinajstić information content (AvgIpc) is 2.51. The van der Waals surface area contributed by atoms with Crippen molar-refractivity contribution < 1.29 is 19.5 Å². The predicted molar refractivity (Wildman–Crippen MR) is 91.3 cm³/mol. The molecule has 0 aliphatic carbocycles. The Hall–Kier alpha value is -1.39. The van der Waals surface area contributed by atoms with E-state index in [2.05, 4.69) is 12.2 Å². The summed E-state index contributed by atoms with van der Waals surface area (Å²) in [6, 6.07) is -0.907. The summed E-state index contributed by atoms with van der Waals surface area (Å²) in [4.78, 5) is 33.7. The highest BCUT2D eigenvalue weighted by Gasteiger charge is 2.14. The number of hydrogen-bond donors (Lipinski definition) is 2. The number of Topliss-reactive ketones (excluding diaryl/α,β-unsaturated/α-hetero) is 1. The lowest BCUT2D eigenvalue weighted by atomic mass is 10.0. The summed E-state index contributed by atoms with van der Waals surface area (Å²) in [5.41, 5.74) is 0. The Bertz CT molecular complexity index is 355. The van der Waals surface area contributed by atoms with Crippen LogP contribution in [0.2, 0.25) is 0 Å². The van der Waals surface area contributed by atoms with Crippen molar-refractivity contribution >= 4 is 17.7 Å². The van der Waals surface area contributed by atoms with Crippen molar-refractivity contribution in [2.24, 2.45) is 0 Å². The molecular weight excluding hydrogens is 294 g/mol. The molecule has 0 radical (unpaired) electrons. The highest BCUT2D eigenvalue weighted by atomic mass is 16.4. The van der Waals surface area contributed by atoms with Gasteiger partial charge in [0.25, 0.3) is 0 Å². The molecule has 1 atom stereocenters. The molecule has 0 saturated heterocycles. The summed E-state index contributed by atoms with van der Waals surface area (Å²) in [5.74, 6) is -1.36. The van der Waals surface area contributed by atoms with Gasteiger partial charge in [-0.25, -0.2) is 0 Å². The van der Waals surface area contributed by atoms with E-state index in [1.54, 1.807) is 0 Å². The number of hydrogen-bond acceptors (Lipinski definition) is 3. The zero-order chi connectivity index (χ0) is 17.5. The SMILES string of the molecule is CCCCCCCCCCCC(=O)CCC(=O)N[C@@H](C)C(=O)O. The lowest BCUT2D eigenvalue weighted by Crippen LogP contribution is -2.38. The third-order valence-electron chi connectivity index (χ3n) is 3.94. The molecule has 0 bridgehead atoms. The first-order valence-electron chi connectivity index (χ1n) is 9.01. The van der Waals surface area contributed by atoms with Crippen LogP contribution in [0.4, 0.5) is 0 Å². The third-order valence-corrected chi connectivity index (χ3v) is 3.94. The van der Waals surface area contributed by atoms with Crippen molar-refractivity contribution in [2.45, 2.75) is 96.9 Å². The maximum atomic E-state index is 11.7. The maximum absolute atomic E-state index is 11.7. The topological polar surface area (TPSA) is 83.5 Å². The second-order valence-electron chi connectivity index (χ2n) is 6.24. The number of aliphatic carboxylic acids is 1. The van der Waals surface area contributed by atoms with Gasteiger partial charge in [0.1, 0.15) is 11.8 Å². The molecule has 5 heteroatoms. The molecule has 0 aliphatic rings. The van der Waals surface area contributed by atoms with Crippen LogP contribution in [-0.2, 0) is 14.4 Å². The van der Waals surface area contributed by atoms with Gasteiger partial charge in [0.2, 0.25) is 5.91 Å². The third kappa shape index (κ3) is 14.0. The first-order chi connectivity index (χ1) is 11.0. The Morgan fingerprint density at radius 3 is 1.87 bits per heavy atom. The van der Waals surface area contributed by atoms with Gasteiger partial charge in [-0.05, 0) is 13.3 Å². The number of nitrogens with one attached hydrogen (secondary N) is 1. The Morgan fingerprint density at radius 2 is 1.35 bits per heavy atom. The Balaban J connectivity index is 3.47. The number of carbonyl (C=O) groups is 3. The normalized spacial score (nSPS) is 11.9. The van der Waals surface area contributed by atoms with Crippen molar-refractivity contribution in [3.8, 4) is 0 Å². The fraction of sp³-hybridized carbons (Fsp3) is 0.833. The van der Waals surface area contributed by atoms with Gasteiger partial charge < -0.3 is 10.4 Å². The fourth-order valence-electron chi connectivity index (χ4n) is 2.39. The number of carboxylic acids is 1. The van der Waals surface area contributed by atoms with Gasteiger partial charge in [-0.1, -0.05) is 58.3 Å². The second-order valence-corrected chi connectivity index (χ2v) is 6.24. The van der Waals surface area contributed by atoms with Crippen LogP contribution in [0, 0.1) is 0 Å². The zero-order valence-electron chi connectivity index (χ0n) is 14.7. The van der Waals surface area contributed by atoms with Gasteiger partial charge in [0.15, 0.2) is 0 Å². The first-order valence-corrected chi connectivity index (χ1v) is 9.01. The largest absolute Gasteiger partial charge is 0.480 e. The van der Waals surface area contributed by atoms with Gasteiger partial charge in [-0.15, -0.1) is 0 Å². The van der Waals surface area contributed by atoms with Crippen molar-refractivity contribution in [2.75, 3.05) is 0 Å². The molecule has 2 N–H and O–H groups in total. The van der Waals surface area contributed by atoms with E-state index >= 15 is 0 Å². The van der Waals surface area contributed by atoms with E-state index in [0.29, 0.717) is 6.42 Å². The van der Waals surface area contributed by atoms with Crippen LogP contribution < -0.4 is 5.32 Å². The monoisotopic (exact) mass is 327 g/mol. The van der Waals surface area contributed by atoms with Crippen LogP contribution >= 0.6 is 0 Å². The molecule has 134 valence electrons. The van der Waals surface area contributed by atoms with Crippen molar-refractivity contribution in [3.05, 3.63) is 0 Å². The van der Waals surface area contributed by atoms with Crippen molar-refractivity contribution in [1.29, 1.82) is 0 Å². The molecule has 1 amide bonds. The molecule has 23 heavy (non-hydrogen) atoms. The molecule has 0 unspecified atom stereocenters. The molecule has 0 spiro atoms. The van der Waals surface area contributed by atoms with Crippen LogP contribution in [-0.4, -0.2) is 28.8 Å². The predicted octanol–water partition coefficient (Wildman–Crippen LogP) is 3.85. The summed E-state index contributed by atoms with van der Waals surface area (Å²) in [7, 11) is 0. The highest BCUT2D eigenvalue weighted by molar-refractivity contribution is 5.87. The van der Waals surface area contributed by atoms with E-state index in [9.17, 15) is 14.4 Å². The Kier molecular flexibility index (Phi) is 13.4. The van der Waals surface area contributed by atoms with E-state index < -0.39 is 12.0 Å². The van der Waals surface area contributed by atoms with Gasteiger partial charge in [0, 0.05) is 19.3 Å². The van der Waals surface area contributed by atoms with Gasteiger partial charge >= 0.3 is 5.97 Å². The fourth-order valence-corrected chi connectivity index (χ4v) is 2.39. The molecule has 0 heterocycles. The lowest BCUT2D eigenvalue weighted by Gasteiger charge is -2.08. The molecule has 0 aromatic carbocycles. The van der Waals surface area contributed by atoms with Crippen LogP contribution in [0.1, 0.15) is 90.9 Å². The Morgan fingerprint density at radius 1 is 0.826 bits per heavy atom. The molecule has 0 saturated carbocycles. The molecule has 0 fully saturated rings. The number of carbonyl (C=O) groups excluding carboxylic acids is 2. The van der Waals surface area contributed by atoms with E-state index in [-0.39, 0.29) is 24.5 Å². The van der Waals surface area contributed by atoms with Gasteiger partial charge in [0.05, 0.1) is 0 Å². The summed E-state index contributed by atoms with van der Waals surface area (Å²) in [6.45, 7) is 3.62. The van der Waals surface area contributed by atoms with E-state index in [4.69, 9.17) is 5.11 Å². The average molecular weight is 327 g/mol. The molecule has 0 aromatic rings.